The molecule has 1 aliphatic carbocycles. The third-order valence-corrected chi connectivity index (χ3v) is 3.09. The lowest BCUT2D eigenvalue weighted by atomic mass is 9.79. The average Bonchev–Trinajstić information content (AvgIpc) is 2.63. The lowest BCUT2D eigenvalue weighted by molar-refractivity contribution is -0.142. The van der Waals surface area contributed by atoms with E-state index in [2.05, 4.69) is 0 Å². The first-order chi connectivity index (χ1) is 6.70. The van der Waals surface area contributed by atoms with Crippen LogP contribution in [0.25, 0.3) is 0 Å². The summed E-state index contributed by atoms with van der Waals surface area (Å²) < 4.78 is 5.32. The van der Waals surface area contributed by atoms with Crippen LogP contribution in [0.4, 0.5) is 0 Å². The Morgan fingerprint density at radius 2 is 2.50 bits per heavy atom. The number of hydrogen-bond acceptors (Lipinski definition) is 2. The van der Waals surface area contributed by atoms with Gasteiger partial charge in [-0.15, -0.1) is 0 Å². The van der Waals surface area contributed by atoms with Gasteiger partial charge in [-0.3, -0.25) is 4.79 Å². The summed E-state index contributed by atoms with van der Waals surface area (Å²) in [6, 6.07) is 1.92. The van der Waals surface area contributed by atoms with Crippen molar-refractivity contribution in [1.29, 1.82) is 0 Å². The lowest BCUT2D eigenvalue weighted by Gasteiger charge is -2.24. The van der Waals surface area contributed by atoms with Gasteiger partial charge in [-0.25, -0.2) is 0 Å². The Labute approximate surface area is 82.7 Å². The van der Waals surface area contributed by atoms with Crippen molar-refractivity contribution in [3.8, 4) is 0 Å². The van der Waals surface area contributed by atoms with E-state index in [4.69, 9.17) is 9.52 Å². The summed E-state index contributed by atoms with van der Waals surface area (Å²) in [5.74, 6) is 0.0834. The quantitative estimate of drug-likeness (QED) is 0.786. The Kier molecular flexibility index (Phi) is 2.32. The van der Waals surface area contributed by atoms with Crippen molar-refractivity contribution < 1.29 is 14.3 Å². The van der Waals surface area contributed by atoms with Crippen molar-refractivity contribution in [2.75, 3.05) is 0 Å². The van der Waals surface area contributed by atoms with E-state index in [0.29, 0.717) is 0 Å². The lowest BCUT2D eigenvalue weighted by Crippen LogP contribution is -2.21. The van der Waals surface area contributed by atoms with Crippen LogP contribution in [-0.4, -0.2) is 11.1 Å². The first-order valence-corrected chi connectivity index (χ1v) is 4.99. The molecule has 0 bridgehead atoms. The fraction of sp³-hybridized carbons (Fsp3) is 0.545. The number of carboxylic acid groups (broad SMARTS) is 1. The molecule has 0 radical (unpaired) electrons. The van der Waals surface area contributed by atoms with E-state index < -0.39 is 5.97 Å². The summed E-state index contributed by atoms with van der Waals surface area (Å²) in [6.07, 6.45) is 4.60. The fourth-order valence-electron chi connectivity index (χ4n) is 2.21. The number of hydrogen-bond donors (Lipinski definition) is 1. The second-order valence-electron chi connectivity index (χ2n) is 3.92. The highest BCUT2D eigenvalue weighted by atomic mass is 16.4. The van der Waals surface area contributed by atoms with Crippen LogP contribution in [0.1, 0.15) is 37.0 Å². The molecule has 14 heavy (non-hydrogen) atoms. The monoisotopic (exact) mass is 194 g/mol. The molecular weight excluding hydrogens is 180 g/mol. The van der Waals surface area contributed by atoms with E-state index in [1.54, 1.807) is 13.2 Å². The number of aryl methyl sites for hydroxylation is 1. The van der Waals surface area contributed by atoms with Gasteiger partial charge >= 0.3 is 5.97 Å². The zero-order valence-electron chi connectivity index (χ0n) is 8.19. The molecule has 1 heterocycles. The maximum absolute atomic E-state index is 10.9. The molecule has 0 saturated carbocycles. The molecule has 3 heteroatoms. The summed E-state index contributed by atoms with van der Waals surface area (Å²) in [7, 11) is 0. The summed E-state index contributed by atoms with van der Waals surface area (Å²) in [6.45, 7) is 1.77. The van der Waals surface area contributed by atoms with E-state index in [0.717, 1.165) is 30.6 Å². The zero-order valence-corrected chi connectivity index (χ0v) is 8.19. The van der Waals surface area contributed by atoms with Crippen LogP contribution in [0.2, 0.25) is 0 Å². The minimum absolute atomic E-state index is 0.134. The van der Waals surface area contributed by atoms with Gasteiger partial charge in [-0.2, -0.15) is 0 Å². The van der Waals surface area contributed by atoms with Gasteiger partial charge in [0.25, 0.3) is 0 Å². The van der Waals surface area contributed by atoms with Crippen molar-refractivity contribution >= 4 is 5.97 Å². The topological polar surface area (TPSA) is 50.4 Å². The second kappa shape index (κ2) is 3.48. The molecule has 0 spiro atoms. The van der Waals surface area contributed by atoms with Gasteiger partial charge in [-0.1, -0.05) is 6.92 Å². The van der Waals surface area contributed by atoms with Crippen LogP contribution in [0.3, 0.4) is 0 Å². The molecule has 0 aliphatic heterocycles. The highest BCUT2D eigenvalue weighted by molar-refractivity contribution is 5.71. The average molecular weight is 194 g/mol. The van der Waals surface area contributed by atoms with Gasteiger partial charge in [-0.05, 0) is 24.5 Å². The number of aliphatic carboxylic acids is 1. The van der Waals surface area contributed by atoms with Crippen molar-refractivity contribution in [3.05, 3.63) is 23.7 Å². The zero-order chi connectivity index (χ0) is 10.1. The van der Waals surface area contributed by atoms with Gasteiger partial charge in [0.2, 0.25) is 0 Å². The molecule has 1 aliphatic rings. The largest absolute Gasteiger partial charge is 0.481 e. The van der Waals surface area contributed by atoms with E-state index in [1.807, 2.05) is 6.07 Å². The maximum atomic E-state index is 10.9. The number of furan rings is 1. The first kappa shape index (κ1) is 9.31. The Balaban J connectivity index is 2.28. The molecule has 1 aromatic rings. The summed E-state index contributed by atoms with van der Waals surface area (Å²) in [5, 5.41) is 8.97. The Morgan fingerprint density at radius 1 is 1.71 bits per heavy atom. The molecule has 3 nitrogen and oxygen atoms in total. The minimum Gasteiger partial charge on any atom is -0.481 e. The van der Waals surface area contributed by atoms with Gasteiger partial charge < -0.3 is 9.52 Å². The molecule has 2 rings (SSSR count). The molecule has 2 unspecified atom stereocenters. The van der Waals surface area contributed by atoms with Crippen molar-refractivity contribution in [2.24, 2.45) is 5.92 Å². The third kappa shape index (κ3) is 1.43. The van der Waals surface area contributed by atoms with E-state index in [1.165, 1.54) is 0 Å². The predicted molar refractivity (Wildman–Crippen MR) is 51.2 cm³/mol. The van der Waals surface area contributed by atoms with Gasteiger partial charge in [0, 0.05) is 12.3 Å². The molecule has 0 saturated heterocycles. The Bertz CT molecular complexity index is 340. The van der Waals surface area contributed by atoms with Gasteiger partial charge in [0.1, 0.15) is 5.76 Å². The predicted octanol–water partition coefficient (Wildman–Crippen LogP) is 2.42. The van der Waals surface area contributed by atoms with E-state index >= 15 is 0 Å². The highest BCUT2D eigenvalue weighted by Gasteiger charge is 2.30. The smallest absolute Gasteiger partial charge is 0.306 e. The van der Waals surface area contributed by atoms with Crippen LogP contribution >= 0.6 is 0 Å². The van der Waals surface area contributed by atoms with Crippen LogP contribution in [0.5, 0.6) is 0 Å². The number of fused-ring (bicyclic) bond motifs is 1. The molecule has 0 fully saturated rings. The fourth-order valence-corrected chi connectivity index (χ4v) is 2.21. The van der Waals surface area contributed by atoms with Crippen LogP contribution in [0.15, 0.2) is 16.7 Å². The first-order valence-electron chi connectivity index (χ1n) is 4.99. The standard InChI is InChI=1S/C11H14O3/c1-7(11(12)13)8-3-2-4-10-9(8)5-6-14-10/h5-8H,2-4H2,1H3,(H,12,13). The van der Waals surface area contributed by atoms with Crippen LogP contribution in [-0.2, 0) is 11.2 Å². The molecule has 1 N–H and O–H groups in total. The summed E-state index contributed by atoms with van der Waals surface area (Å²) >= 11 is 0. The highest BCUT2D eigenvalue weighted by Crippen LogP contribution is 2.37. The third-order valence-electron chi connectivity index (χ3n) is 3.09. The molecule has 0 amide bonds. The summed E-state index contributed by atoms with van der Waals surface area (Å²) in [4.78, 5) is 10.9. The van der Waals surface area contributed by atoms with E-state index in [-0.39, 0.29) is 11.8 Å². The minimum atomic E-state index is -0.718. The number of carbonyl (C=O) groups is 1. The molecule has 0 aromatic carbocycles. The van der Waals surface area contributed by atoms with Gasteiger partial charge in [0.05, 0.1) is 12.2 Å². The van der Waals surface area contributed by atoms with Gasteiger partial charge in [0.15, 0.2) is 0 Å². The van der Waals surface area contributed by atoms with E-state index in [9.17, 15) is 4.79 Å². The maximum Gasteiger partial charge on any atom is 0.306 e. The SMILES string of the molecule is CC(C(=O)O)C1CCCc2occc21. The Hall–Kier alpha value is -1.25. The Morgan fingerprint density at radius 3 is 3.21 bits per heavy atom. The number of carboxylic acids is 1. The normalized spacial score (nSPS) is 22.8. The number of rotatable bonds is 2. The second-order valence-corrected chi connectivity index (χ2v) is 3.92. The molecule has 76 valence electrons. The van der Waals surface area contributed by atoms with Crippen LogP contribution < -0.4 is 0 Å². The molecule has 2 atom stereocenters. The molecular formula is C11H14O3. The summed E-state index contributed by atoms with van der Waals surface area (Å²) in [5.41, 5.74) is 1.10. The van der Waals surface area contributed by atoms with Crippen molar-refractivity contribution in [1.82, 2.24) is 0 Å². The van der Waals surface area contributed by atoms with Crippen LogP contribution in [0, 0.1) is 5.92 Å². The van der Waals surface area contributed by atoms with Crippen molar-refractivity contribution in [3.63, 3.8) is 0 Å². The molecule has 1 aromatic heterocycles. The van der Waals surface area contributed by atoms with Crippen molar-refractivity contribution in [2.45, 2.75) is 32.1 Å².